The van der Waals surface area contributed by atoms with E-state index in [1.165, 1.54) is 23.9 Å². The Labute approximate surface area is 219 Å². The fraction of sp³-hybridized carbons (Fsp3) is 0.103. The van der Waals surface area contributed by atoms with Gasteiger partial charge in [0.25, 0.3) is 11.6 Å². The van der Waals surface area contributed by atoms with Crippen LogP contribution in [0.4, 0.5) is 5.69 Å². The number of rotatable bonds is 8. The molecule has 7 nitrogen and oxygen atoms in total. The third-order valence-electron chi connectivity index (χ3n) is 5.81. The molecule has 0 saturated carbocycles. The monoisotopic (exact) mass is 508 g/mol. The fourth-order valence-electron chi connectivity index (χ4n) is 3.94. The molecule has 1 N–H and O–H groups in total. The van der Waals surface area contributed by atoms with Crippen LogP contribution in [0.5, 0.6) is 0 Å². The van der Waals surface area contributed by atoms with Crippen LogP contribution in [0.1, 0.15) is 22.5 Å². The van der Waals surface area contributed by atoms with E-state index in [2.05, 4.69) is 9.88 Å². The number of carbonyl (C=O) groups is 1. The van der Waals surface area contributed by atoms with E-state index in [1.807, 2.05) is 80.6 Å². The zero-order chi connectivity index (χ0) is 26.4. The van der Waals surface area contributed by atoms with Crippen LogP contribution < -0.4 is 5.32 Å². The van der Waals surface area contributed by atoms with E-state index >= 15 is 0 Å². The number of non-ortho nitro benzene ring substituents is 1. The van der Waals surface area contributed by atoms with Crippen molar-refractivity contribution in [2.24, 2.45) is 0 Å². The Kier molecular flexibility index (Phi) is 7.86. The lowest BCUT2D eigenvalue weighted by molar-refractivity contribution is -0.384. The fourth-order valence-corrected chi connectivity index (χ4v) is 4.76. The lowest BCUT2D eigenvalue weighted by Gasteiger charge is -2.11. The van der Waals surface area contributed by atoms with Crippen LogP contribution in [0, 0.1) is 35.3 Å². The van der Waals surface area contributed by atoms with Gasteiger partial charge in [0.2, 0.25) is 0 Å². The average Bonchev–Trinajstić information content (AvgIpc) is 3.19. The number of aryl methyl sites for hydroxylation is 1. The normalized spacial score (nSPS) is 11.1. The number of nitriles is 1. The van der Waals surface area contributed by atoms with Crippen molar-refractivity contribution in [1.82, 2.24) is 9.88 Å². The van der Waals surface area contributed by atoms with Gasteiger partial charge in [-0.1, -0.05) is 42.1 Å². The molecule has 184 valence electrons. The summed E-state index contributed by atoms with van der Waals surface area (Å²) in [4.78, 5) is 25.0. The van der Waals surface area contributed by atoms with Crippen molar-refractivity contribution in [2.75, 3.05) is 0 Å². The Hall–Kier alpha value is -4.61. The minimum Gasteiger partial charge on any atom is -0.347 e. The summed E-state index contributed by atoms with van der Waals surface area (Å²) < 4.78 is 2.07. The summed E-state index contributed by atoms with van der Waals surface area (Å²) in [6, 6.07) is 28.0. The average molecular weight is 509 g/mol. The molecule has 0 saturated heterocycles. The van der Waals surface area contributed by atoms with Crippen molar-refractivity contribution < 1.29 is 9.72 Å². The third-order valence-corrected chi connectivity index (χ3v) is 6.82. The van der Waals surface area contributed by atoms with Gasteiger partial charge >= 0.3 is 0 Å². The van der Waals surface area contributed by atoms with E-state index < -0.39 is 10.8 Å². The first-order valence-corrected chi connectivity index (χ1v) is 12.3. The van der Waals surface area contributed by atoms with Crippen LogP contribution in [0.2, 0.25) is 0 Å². The van der Waals surface area contributed by atoms with Gasteiger partial charge in [-0.25, -0.2) is 0 Å². The highest BCUT2D eigenvalue weighted by Gasteiger charge is 2.14. The molecule has 37 heavy (non-hydrogen) atoms. The van der Waals surface area contributed by atoms with Crippen molar-refractivity contribution >= 4 is 29.4 Å². The summed E-state index contributed by atoms with van der Waals surface area (Å²) in [5.41, 5.74) is 4.71. The maximum absolute atomic E-state index is 12.6. The molecule has 0 unspecified atom stereocenters. The number of nitro groups is 1. The van der Waals surface area contributed by atoms with Crippen LogP contribution in [-0.2, 0) is 11.3 Å². The lowest BCUT2D eigenvalue weighted by atomic mass is 10.1. The van der Waals surface area contributed by atoms with Crippen molar-refractivity contribution in [2.45, 2.75) is 30.2 Å². The zero-order valence-corrected chi connectivity index (χ0v) is 21.2. The largest absolute Gasteiger partial charge is 0.347 e. The standard InChI is InChI=1S/C29H24N4O3S/c1-20-16-23(17-24(18-30)29(34)31-19-22-6-4-3-5-7-22)21(2)32(20)25-8-12-27(13-9-25)37-28-14-10-26(11-15-28)33(35)36/h3-17H,19H2,1-2H3,(H,31,34)/b24-17-. The van der Waals surface area contributed by atoms with Crippen LogP contribution in [0.25, 0.3) is 11.8 Å². The molecule has 0 fully saturated rings. The number of aromatic nitrogens is 1. The molecular weight excluding hydrogens is 484 g/mol. The smallest absolute Gasteiger partial charge is 0.269 e. The second-order valence-electron chi connectivity index (χ2n) is 8.35. The molecule has 4 rings (SSSR count). The van der Waals surface area contributed by atoms with Crippen LogP contribution >= 0.6 is 11.8 Å². The minimum absolute atomic E-state index is 0.0472. The molecule has 1 heterocycles. The third kappa shape index (κ3) is 6.15. The Balaban J connectivity index is 1.50. The Morgan fingerprint density at radius 3 is 2.24 bits per heavy atom. The molecule has 0 radical (unpaired) electrons. The van der Waals surface area contributed by atoms with Gasteiger partial charge in [-0.3, -0.25) is 14.9 Å². The molecule has 0 bridgehead atoms. The molecule has 8 heteroatoms. The SMILES string of the molecule is Cc1cc(/C=C(/C#N)C(=O)NCc2ccccc2)c(C)n1-c1ccc(Sc2ccc([N+](=O)[O-])cc2)cc1. The molecule has 1 amide bonds. The summed E-state index contributed by atoms with van der Waals surface area (Å²) >= 11 is 1.52. The number of nitro benzene ring substituents is 1. The highest BCUT2D eigenvalue weighted by Crippen LogP contribution is 2.30. The molecule has 0 atom stereocenters. The summed E-state index contributed by atoms with van der Waals surface area (Å²) in [7, 11) is 0. The van der Waals surface area contributed by atoms with Gasteiger partial charge in [0.05, 0.1) is 4.92 Å². The van der Waals surface area contributed by atoms with Gasteiger partial charge in [-0.05, 0) is 73.5 Å². The number of benzene rings is 3. The van der Waals surface area contributed by atoms with Gasteiger partial charge in [-0.15, -0.1) is 0 Å². The van der Waals surface area contributed by atoms with Gasteiger partial charge < -0.3 is 9.88 Å². The van der Waals surface area contributed by atoms with Gasteiger partial charge in [0, 0.05) is 45.5 Å². The quantitative estimate of drug-likeness (QED) is 0.129. The first-order chi connectivity index (χ1) is 17.9. The second-order valence-corrected chi connectivity index (χ2v) is 9.49. The summed E-state index contributed by atoms with van der Waals surface area (Å²) in [6.07, 6.45) is 1.62. The number of amides is 1. The highest BCUT2D eigenvalue weighted by atomic mass is 32.2. The lowest BCUT2D eigenvalue weighted by Crippen LogP contribution is -2.23. The van der Waals surface area contributed by atoms with E-state index in [4.69, 9.17) is 0 Å². The molecule has 0 aliphatic rings. The summed E-state index contributed by atoms with van der Waals surface area (Å²) in [6.45, 7) is 4.28. The van der Waals surface area contributed by atoms with Crippen LogP contribution in [0.15, 0.2) is 100 Å². The highest BCUT2D eigenvalue weighted by molar-refractivity contribution is 7.99. The van der Waals surface area contributed by atoms with Crippen molar-refractivity contribution in [3.8, 4) is 11.8 Å². The maximum Gasteiger partial charge on any atom is 0.269 e. The predicted molar refractivity (Wildman–Crippen MR) is 144 cm³/mol. The minimum atomic E-state index is -0.413. The number of nitrogens with one attached hydrogen (secondary N) is 1. The molecule has 0 spiro atoms. The van der Waals surface area contributed by atoms with E-state index in [0.717, 1.165) is 38.0 Å². The van der Waals surface area contributed by atoms with Crippen molar-refractivity contribution in [1.29, 1.82) is 5.26 Å². The van der Waals surface area contributed by atoms with Crippen LogP contribution in [0.3, 0.4) is 0 Å². The molecule has 0 aliphatic carbocycles. The first kappa shape index (κ1) is 25.5. The number of nitrogens with zero attached hydrogens (tertiary/aromatic N) is 3. The Bertz CT molecular complexity index is 1500. The molecule has 0 aliphatic heterocycles. The van der Waals surface area contributed by atoms with Crippen molar-refractivity contribution in [3.63, 3.8) is 0 Å². The number of hydrogen-bond acceptors (Lipinski definition) is 5. The topological polar surface area (TPSA) is 101 Å². The van der Waals surface area contributed by atoms with E-state index in [0.29, 0.717) is 6.54 Å². The zero-order valence-electron chi connectivity index (χ0n) is 20.3. The molecule has 3 aromatic carbocycles. The first-order valence-electron chi connectivity index (χ1n) is 11.5. The van der Waals surface area contributed by atoms with E-state index in [9.17, 15) is 20.2 Å². The second kappa shape index (κ2) is 11.4. The van der Waals surface area contributed by atoms with Gasteiger partial charge in [-0.2, -0.15) is 5.26 Å². The van der Waals surface area contributed by atoms with Crippen molar-refractivity contribution in [3.05, 3.63) is 123 Å². The molecular formula is C29H24N4O3S. The van der Waals surface area contributed by atoms with Gasteiger partial charge in [0.1, 0.15) is 11.6 Å². The molecule has 1 aromatic heterocycles. The van der Waals surface area contributed by atoms with E-state index in [-0.39, 0.29) is 11.3 Å². The Morgan fingerprint density at radius 2 is 1.65 bits per heavy atom. The molecule has 4 aromatic rings. The maximum atomic E-state index is 12.6. The summed E-state index contributed by atoms with van der Waals surface area (Å²) in [5, 5.41) is 23.3. The summed E-state index contributed by atoms with van der Waals surface area (Å²) in [5.74, 6) is -0.413. The number of carbonyl (C=O) groups excluding carboxylic acids is 1. The predicted octanol–water partition coefficient (Wildman–Crippen LogP) is 6.38. The Morgan fingerprint density at radius 1 is 1.03 bits per heavy atom. The van der Waals surface area contributed by atoms with E-state index in [1.54, 1.807) is 18.2 Å². The van der Waals surface area contributed by atoms with Gasteiger partial charge in [0.15, 0.2) is 0 Å². The van der Waals surface area contributed by atoms with Crippen LogP contribution in [-0.4, -0.2) is 15.4 Å². The number of hydrogen-bond donors (Lipinski definition) is 1.